The Morgan fingerprint density at radius 3 is 2.43 bits per heavy atom. The monoisotopic (exact) mass is 337 g/mol. The van der Waals surface area contributed by atoms with Crippen LogP contribution in [-0.2, 0) is 16.8 Å². The Kier molecular flexibility index (Phi) is 5.63. The van der Waals surface area contributed by atoms with Crippen LogP contribution in [-0.4, -0.2) is 43.3 Å². The summed E-state index contributed by atoms with van der Waals surface area (Å²) in [6.45, 7) is 2.08. The van der Waals surface area contributed by atoms with Gasteiger partial charge in [-0.3, -0.25) is 0 Å². The number of nitrogens with zero attached hydrogens (tertiary/aromatic N) is 3. The first-order valence-corrected chi connectivity index (χ1v) is 9.04. The zero-order valence-corrected chi connectivity index (χ0v) is 14.6. The first-order chi connectivity index (χ1) is 10.9. The molecule has 1 aromatic carbocycles. The third-order valence-electron chi connectivity index (χ3n) is 4.12. The summed E-state index contributed by atoms with van der Waals surface area (Å²) in [5.74, 6) is 0.745. The molecule has 0 N–H and O–H groups in total. The van der Waals surface area contributed by atoms with Gasteiger partial charge in [0.15, 0.2) is 0 Å². The predicted molar refractivity (Wildman–Crippen MR) is 87.9 cm³/mol. The van der Waals surface area contributed by atoms with Crippen LogP contribution in [0.5, 0.6) is 5.75 Å². The van der Waals surface area contributed by atoms with E-state index >= 15 is 0 Å². The average molecular weight is 337 g/mol. The maximum atomic E-state index is 12.9. The van der Waals surface area contributed by atoms with Crippen molar-refractivity contribution in [2.45, 2.75) is 44.8 Å². The molecule has 1 aliphatic rings. The lowest BCUT2D eigenvalue weighted by Gasteiger charge is -2.30. The number of ether oxygens (including phenoxy) is 1. The molecule has 126 valence electrons. The smallest absolute Gasteiger partial charge is 0.282 e. The Morgan fingerprint density at radius 1 is 1.35 bits per heavy atom. The van der Waals surface area contributed by atoms with E-state index < -0.39 is 10.2 Å². The second kappa shape index (κ2) is 7.30. The molecule has 6 nitrogen and oxygen atoms in total. The van der Waals surface area contributed by atoms with Gasteiger partial charge in [0.2, 0.25) is 0 Å². The topological polar surface area (TPSA) is 73.6 Å². The number of hydrogen-bond donors (Lipinski definition) is 0. The minimum atomic E-state index is -3.59. The third kappa shape index (κ3) is 4.22. The molecule has 0 bridgehead atoms. The fourth-order valence-electron chi connectivity index (χ4n) is 2.33. The van der Waals surface area contributed by atoms with Crippen LogP contribution in [0.25, 0.3) is 0 Å². The van der Waals surface area contributed by atoms with E-state index in [1.807, 2.05) is 30.3 Å². The van der Waals surface area contributed by atoms with Gasteiger partial charge in [-0.15, -0.1) is 0 Å². The van der Waals surface area contributed by atoms with E-state index in [9.17, 15) is 8.42 Å². The van der Waals surface area contributed by atoms with E-state index in [0.717, 1.165) is 24.2 Å². The Balaban J connectivity index is 2.18. The van der Waals surface area contributed by atoms with Gasteiger partial charge in [-0.25, -0.2) is 0 Å². The lowest BCUT2D eigenvalue weighted by Crippen LogP contribution is -2.46. The Bertz CT molecular complexity index is 663. The zero-order valence-electron chi connectivity index (χ0n) is 13.8. The summed E-state index contributed by atoms with van der Waals surface area (Å²) in [5.41, 5.74) is 0.919. The number of methoxy groups -OCH3 is 1. The van der Waals surface area contributed by atoms with Crippen molar-refractivity contribution < 1.29 is 13.2 Å². The maximum Gasteiger partial charge on any atom is 0.282 e. The van der Waals surface area contributed by atoms with Crippen LogP contribution in [0.15, 0.2) is 24.3 Å². The minimum Gasteiger partial charge on any atom is -0.497 e. The average Bonchev–Trinajstić information content (AvgIpc) is 3.37. The minimum absolute atomic E-state index is 0.0545. The van der Waals surface area contributed by atoms with Crippen molar-refractivity contribution >= 4 is 10.2 Å². The summed E-state index contributed by atoms with van der Waals surface area (Å²) in [6, 6.07) is 9.15. The third-order valence-corrected chi connectivity index (χ3v) is 6.23. The molecule has 0 amide bonds. The molecule has 0 heterocycles. The van der Waals surface area contributed by atoms with Gasteiger partial charge < -0.3 is 4.74 Å². The molecule has 1 fully saturated rings. The molecule has 7 heteroatoms. The van der Waals surface area contributed by atoms with Gasteiger partial charge in [0.05, 0.1) is 19.6 Å². The zero-order chi connectivity index (χ0) is 17.0. The highest BCUT2D eigenvalue weighted by atomic mass is 32.2. The Hall–Kier alpha value is -1.62. The number of nitriles is 1. The van der Waals surface area contributed by atoms with Crippen molar-refractivity contribution in [2.24, 2.45) is 0 Å². The van der Waals surface area contributed by atoms with Gasteiger partial charge in [-0.05, 0) is 37.5 Å². The van der Waals surface area contributed by atoms with Gasteiger partial charge in [0, 0.05) is 25.7 Å². The van der Waals surface area contributed by atoms with Crippen molar-refractivity contribution in [3.8, 4) is 11.8 Å². The van der Waals surface area contributed by atoms with Crippen LogP contribution in [0, 0.1) is 11.3 Å². The Morgan fingerprint density at radius 2 is 1.96 bits per heavy atom. The van der Waals surface area contributed by atoms with Crippen molar-refractivity contribution in [2.75, 3.05) is 14.2 Å². The van der Waals surface area contributed by atoms with Crippen molar-refractivity contribution in [3.05, 3.63) is 29.8 Å². The fraction of sp³-hybridized carbons (Fsp3) is 0.562. The largest absolute Gasteiger partial charge is 0.497 e. The van der Waals surface area contributed by atoms with Crippen LogP contribution < -0.4 is 4.74 Å². The van der Waals surface area contributed by atoms with Gasteiger partial charge in [0.1, 0.15) is 5.75 Å². The molecule has 0 spiro atoms. The fourth-order valence-corrected chi connectivity index (χ4v) is 4.09. The van der Waals surface area contributed by atoms with E-state index in [-0.39, 0.29) is 18.5 Å². The first-order valence-electron chi connectivity index (χ1n) is 7.64. The standard InChI is InChI=1S/C16H23N3O3S/c1-13(10-11-17)18(2)23(20,21)19(15-6-7-15)12-14-4-8-16(22-3)9-5-14/h4-5,8-9,13,15H,6-7,10,12H2,1-3H3/t13-/m1/s1. The number of hydrogen-bond acceptors (Lipinski definition) is 4. The highest BCUT2D eigenvalue weighted by Crippen LogP contribution is 2.32. The summed E-state index contributed by atoms with van der Waals surface area (Å²) < 4.78 is 33.7. The normalized spacial score (nSPS) is 16.3. The quantitative estimate of drug-likeness (QED) is 0.728. The maximum absolute atomic E-state index is 12.9. The van der Waals surface area contributed by atoms with Crippen LogP contribution in [0.1, 0.15) is 31.7 Å². The molecule has 1 atom stereocenters. The van der Waals surface area contributed by atoms with Gasteiger partial charge in [-0.2, -0.15) is 22.3 Å². The molecule has 1 aliphatic carbocycles. The van der Waals surface area contributed by atoms with E-state index in [1.165, 1.54) is 4.31 Å². The molecular formula is C16H23N3O3S. The highest BCUT2D eigenvalue weighted by Gasteiger charge is 2.40. The summed E-state index contributed by atoms with van der Waals surface area (Å²) in [7, 11) is -0.448. The SMILES string of the molecule is COc1ccc(CN(C2CC2)S(=O)(=O)N(C)[C@H](C)CC#N)cc1. The molecule has 2 rings (SSSR count). The van der Waals surface area contributed by atoms with Crippen molar-refractivity contribution in [1.82, 2.24) is 8.61 Å². The lowest BCUT2D eigenvalue weighted by atomic mass is 10.2. The molecule has 1 aromatic rings. The van der Waals surface area contributed by atoms with E-state index in [2.05, 4.69) is 0 Å². The van der Waals surface area contributed by atoms with Crippen LogP contribution in [0.2, 0.25) is 0 Å². The molecular weight excluding hydrogens is 314 g/mol. The summed E-state index contributed by atoms with van der Waals surface area (Å²) in [5, 5.41) is 8.80. The number of rotatable bonds is 8. The molecule has 0 radical (unpaired) electrons. The predicted octanol–water partition coefficient (Wildman–Crippen LogP) is 2.14. The van der Waals surface area contributed by atoms with Crippen molar-refractivity contribution in [1.29, 1.82) is 5.26 Å². The van der Waals surface area contributed by atoms with Crippen LogP contribution in [0.4, 0.5) is 0 Å². The lowest BCUT2D eigenvalue weighted by molar-refractivity contribution is 0.318. The van der Waals surface area contributed by atoms with E-state index in [0.29, 0.717) is 6.54 Å². The summed E-state index contributed by atoms with van der Waals surface area (Å²) in [6.07, 6.45) is 1.95. The molecule has 0 saturated heterocycles. The summed E-state index contributed by atoms with van der Waals surface area (Å²) >= 11 is 0. The Labute approximate surface area is 138 Å². The van der Waals surface area contributed by atoms with Crippen LogP contribution >= 0.6 is 0 Å². The molecule has 23 heavy (non-hydrogen) atoms. The van der Waals surface area contributed by atoms with Gasteiger partial charge in [-0.1, -0.05) is 12.1 Å². The second-order valence-electron chi connectivity index (χ2n) is 5.86. The van der Waals surface area contributed by atoms with Crippen molar-refractivity contribution in [3.63, 3.8) is 0 Å². The number of benzene rings is 1. The van der Waals surface area contributed by atoms with Gasteiger partial charge in [0.25, 0.3) is 10.2 Å². The molecule has 0 unspecified atom stereocenters. The van der Waals surface area contributed by atoms with E-state index in [1.54, 1.807) is 25.4 Å². The van der Waals surface area contributed by atoms with Gasteiger partial charge >= 0.3 is 0 Å². The molecule has 0 aromatic heterocycles. The molecule has 1 saturated carbocycles. The first kappa shape index (κ1) is 17.7. The molecule has 0 aliphatic heterocycles. The van der Waals surface area contributed by atoms with E-state index in [4.69, 9.17) is 10.00 Å². The second-order valence-corrected chi connectivity index (χ2v) is 7.80. The highest BCUT2D eigenvalue weighted by molar-refractivity contribution is 7.86. The van der Waals surface area contributed by atoms with Crippen LogP contribution in [0.3, 0.4) is 0 Å². The summed E-state index contributed by atoms with van der Waals surface area (Å²) in [4.78, 5) is 0.